The zero-order valence-electron chi connectivity index (χ0n) is 13.2. The number of carbonyl (C=O) groups is 1. The summed E-state index contributed by atoms with van der Waals surface area (Å²) in [4.78, 5) is 19.6. The third-order valence-corrected chi connectivity index (χ3v) is 5.52. The summed E-state index contributed by atoms with van der Waals surface area (Å²) in [5.41, 5.74) is 1.69. The standard InChI is InChI=1S/C18H18N2O2S/c1-11-10-13(12(2)22-11)18(21)20-9-5-7-15(20)17-19-14-6-3-4-8-16(14)23-17/h3-4,6,8,10,15H,5,7,9H2,1-2H3/t15-/m0/s1. The lowest BCUT2D eigenvalue weighted by atomic mass is 10.2. The molecule has 23 heavy (non-hydrogen) atoms. The topological polar surface area (TPSA) is 46.3 Å². The van der Waals surface area contributed by atoms with Crippen LogP contribution in [0.1, 0.15) is 45.8 Å². The molecule has 1 aliphatic rings. The Morgan fingerprint density at radius 2 is 2.17 bits per heavy atom. The Balaban J connectivity index is 1.68. The molecule has 118 valence electrons. The van der Waals surface area contributed by atoms with Gasteiger partial charge >= 0.3 is 0 Å². The Hall–Kier alpha value is -2.14. The molecule has 3 heterocycles. The zero-order chi connectivity index (χ0) is 16.0. The number of aromatic nitrogens is 1. The van der Waals surface area contributed by atoms with E-state index < -0.39 is 0 Å². The predicted molar refractivity (Wildman–Crippen MR) is 90.8 cm³/mol. The van der Waals surface area contributed by atoms with Crippen LogP contribution in [-0.2, 0) is 0 Å². The van der Waals surface area contributed by atoms with Crippen LogP contribution in [0.4, 0.5) is 0 Å². The molecule has 5 heteroatoms. The minimum absolute atomic E-state index is 0.0566. The number of likely N-dealkylation sites (tertiary alicyclic amines) is 1. The minimum atomic E-state index is 0.0566. The van der Waals surface area contributed by atoms with Crippen molar-refractivity contribution < 1.29 is 9.21 Å². The summed E-state index contributed by atoms with van der Waals surface area (Å²) in [7, 11) is 0. The zero-order valence-corrected chi connectivity index (χ0v) is 14.0. The quantitative estimate of drug-likeness (QED) is 0.697. The van der Waals surface area contributed by atoms with Crippen LogP contribution in [0.25, 0.3) is 10.2 Å². The Morgan fingerprint density at radius 3 is 2.91 bits per heavy atom. The first-order valence-corrected chi connectivity index (χ1v) is 8.68. The van der Waals surface area contributed by atoms with E-state index in [4.69, 9.17) is 9.40 Å². The molecule has 1 amide bonds. The van der Waals surface area contributed by atoms with Gasteiger partial charge in [-0.1, -0.05) is 12.1 Å². The number of rotatable bonds is 2. The van der Waals surface area contributed by atoms with Crippen LogP contribution in [0.15, 0.2) is 34.7 Å². The van der Waals surface area contributed by atoms with Gasteiger partial charge in [-0.15, -0.1) is 11.3 Å². The highest BCUT2D eigenvalue weighted by Gasteiger charge is 2.34. The second kappa shape index (κ2) is 5.49. The summed E-state index contributed by atoms with van der Waals surface area (Å²) in [6.07, 6.45) is 1.99. The lowest BCUT2D eigenvalue weighted by Crippen LogP contribution is -2.30. The Bertz CT molecular complexity index is 847. The first-order valence-electron chi connectivity index (χ1n) is 7.87. The average molecular weight is 326 g/mol. The van der Waals surface area contributed by atoms with Crippen LogP contribution in [0.2, 0.25) is 0 Å². The molecule has 1 aliphatic heterocycles. The van der Waals surface area contributed by atoms with Gasteiger partial charge in [-0.25, -0.2) is 4.98 Å². The number of para-hydroxylation sites is 1. The largest absolute Gasteiger partial charge is 0.466 e. The molecule has 4 rings (SSSR count). The summed E-state index contributed by atoms with van der Waals surface area (Å²) >= 11 is 1.69. The second-order valence-corrected chi connectivity index (χ2v) is 7.07. The van der Waals surface area contributed by atoms with E-state index in [9.17, 15) is 4.79 Å². The Morgan fingerprint density at radius 1 is 1.35 bits per heavy atom. The molecule has 0 unspecified atom stereocenters. The maximum atomic E-state index is 12.9. The van der Waals surface area contributed by atoms with Crippen molar-refractivity contribution in [3.05, 3.63) is 52.4 Å². The smallest absolute Gasteiger partial charge is 0.257 e. The number of thiazole rings is 1. The van der Waals surface area contributed by atoms with Crippen molar-refractivity contribution in [1.29, 1.82) is 0 Å². The summed E-state index contributed by atoms with van der Waals surface area (Å²) in [6, 6.07) is 10.1. The summed E-state index contributed by atoms with van der Waals surface area (Å²) in [5, 5.41) is 1.04. The molecule has 0 spiro atoms. The molecule has 1 saturated heterocycles. The maximum Gasteiger partial charge on any atom is 0.257 e. The molecular formula is C18H18N2O2S. The van der Waals surface area contributed by atoms with E-state index >= 15 is 0 Å². The van der Waals surface area contributed by atoms with E-state index in [1.54, 1.807) is 11.3 Å². The number of hydrogen-bond acceptors (Lipinski definition) is 4. The monoisotopic (exact) mass is 326 g/mol. The van der Waals surface area contributed by atoms with Crippen LogP contribution in [-0.4, -0.2) is 22.3 Å². The highest BCUT2D eigenvalue weighted by Crippen LogP contribution is 2.37. The predicted octanol–water partition coefficient (Wildman–Crippen LogP) is 4.48. The first-order chi connectivity index (χ1) is 11.1. The number of furan rings is 1. The molecule has 1 fully saturated rings. The number of aryl methyl sites for hydroxylation is 2. The molecule has 2 aromatic heterocycles. The number of hydrogen-bond donors (Lipinski definition) is 0. The van der Waals surface area contributed by atoms with E-state index in [2.05, 4.69) is 6.07 Å². The molecule has 0 radical (unpaired) electrons. The second-order valence-electron chi connectivity index (χ2n) is 6.00. The first kappa shape index (κ1) is 14.5. The van der Waals surface area contributed by atoms with Crippen LogP contribution in [0, 0.1) is 13.8 Å². The Kier molecular flexibility index (Phi) is 3.45. The molecule has 4 nitrogen and oxygen atoms in total. The van der Waals surface area contributed by atoms with Crippen LogP contribution in [0.3, 0.4) is 0 Å². The summed E-state index contributed by atoms with van der Waals surface area (Å²) < 4.78 is 6.70. The average Bonchev–Trinajstić information content (AvgIpc) is 3.23. The third-order valence-electron chi connectivity index (χ3n) is 4.38. The molecule has 0 bridgehead atoms. The van der Waals surface area contributed by atoms with Crippen molar-refractivity contribution in [3.8, 4) is 0 Å². The van der Waals surface area contributed by atoms with Crippen LogP contribution >= 0.6 is 11.3 Å². The highest BCUT2D eigenvalue weighted by molar-refractivity contribution is 7.18. The van der Waals surface area contributed by atoms with E-state index in [1.807, 2.05) is 43.0 Å². The molecule has 1 aromatic carbocycles. The number of amides is 1. The maximum absolute atomic E-state index is 12.9. The number of benzene rings is 1. The normalized spacial score (nSPS) is 18.0. The van der Waals surface area contributed by atoms with Crippen LogP contribution < -0.4 is 0 Å². The summed E-state index contributed by atoms with van der Waals surface area (Å²) in [5.74, 6) is 1.53. The van der Waals surface area contributed by atoms with Gasteiger partial charge in [0.05, 0.1) is 21.8 Å². The Labute approximate surface area is 138 Å². The van der Waals surface area contributed by atoms with Gasteiger partial charge in [0.15, 0.2) is 0 Å². The third kappa shape index (κ3) is 2.45. The number of fused-ring (bicyclic) bond motifs is 1. The van der Waals surface area contributed by atoms with E-state index in [0.717, 1.165) is 35.7 Å². The lowest BCUT2D eigenvalue weighted by molar-refractivity contribution is 0.0734. The van der Waals surface area contributed by atoms with Crippen molar-refractivity contribution in [1.82, 2.24) is 9.88 Å². The lowest BCUT2D eigenvalue weighted by Gasteiger charge is -2.22. The van der Waals surface area contributed by atoms with Gasteiger partial charge in [-0.05, 0) is 44.9 Å². The van der Waals surface area contributed by atoms with E-state index in [1.165, 1.54) is 4.70 Å². The van der Waals surface area contributed by atoms with Gasteiger partial charge in [0.25, 0.3) is 5.91 Å². The minimum Gasteiger partial charge on any atom is -0.466 e. The van der Waals surface area contributed by atoms with E-state index in [0.29, 0.717) is 11.3 Å². The fourth-order valence-electron chi connectivity index (χ4n) is 3.30. The molecular weight excluding hydrogens is 308 g/mol. The fourth-order valence-corrected chi connectivity index (χ4v) is 4.41. The van der Waals surface area contributed by atoms with Crippen molar-refractivity contribution in [2.24, 2.45) is 0 Å². The van der Waals surface area contributed by atoms with Crippen molar-refractivity contribution in [2.45, 2.75) is 32.7 Å². The van der Waals surface area contributed by atoms with Gasteiger partial charge in [-0.3, -0.25) is 4.79 Å². The van der Waals surface area contributed by atoms with Gasteiger partial charge < -0.3 is 9.32 Å². The van der Waals surface area contributed by atoms with E-state index in [-0.39, 0.29) is 11.9 Å². The number of carbonyl (C=O) groups excluding carboxylic acids is 1. The molecule has 3 aromatic rings. The van der Waals surface area contributed by atoms with Crippen LogP contribution in [0.5, 0.6) is 0 Å². The fraction of sp³-hybridized carbons (Fsp3) is 0.333. The van der Waals surface area contributed by atoms with Gasteiger partial charge in [0.1, 0.15) is 16.5 Å². The highest BCUT2D eigenvalue weighted by atomic mass is 32.1. The van der Waals surface area contributed by atoms with Crippen molar-refractivity contribution in [3.63, 3.8) is 0 Å². The summed E-state index contributed by atoms with van der Waals surface area (Å²) in [6.45, 7) is 4.50. The molecule has 1 atom stereocenters. The van der Waals surface area contributed by atoms with Gasteiger partial charge in [0.2, 0.25) is 0 Å². The van der Waals surface area contributed by atoms with Gasteiger partial charge in [0, 0.05) is 6.54 Å². The van der Waals surface area contributed by atoms with Gasteiger partial charge in [-0.2, -0.15) is 0 Å². The van der Waals surface area contributed by atoms with Crippen molar-refractivity contribution >= 4 is 27.5 Å². The number of nitrogens with zero attached hydrogens (tertiary/aromatic N) is 2. The molecule has 0 saturated carbocycles. The SMILES string of the molecule is Cc1cc(C(=O)N2CCC[C@H]2c2nc3ccccc3s2)c(C)o1. The molecule has 0 N–H and O–H groups in total. The van der Waals surface area contributed by atoms with Crippen molar-refractivity contribution in [2.75, 3.05) is 6.54 Å². The molecule has 0 aliphatic carbocycles.